The summed E-state index contributed by atoms with van der Waals surface area (Å²) in [6, 6.07) is 0. The van der Waals surface area contributed by atoms with Gasteiger partial charge in [-0.2, -0.15) is 0 Å². The van der Waals surface area contributed by atoms with Gasteiger partial charge in [0, 0.05) is 18.4 Å². The van der Waals surface area contributed by atoms with Crippen molar-refractivity contribution < 1.29 is 9.47 Å². The van der Waals surface area contributed by atoms with Crippen molar-refractivity contribution in [2.24, 2.45) is 5.41 Å². The van der Waals surface area contributed by atoms with E-state index in [0.29, 0.717) is 6.61 Å². The fourth-order valence-electron chi connectivity index (χ4n) is 2.54. The Morgan fingerprint density at radius 2 is 1.62 bits per heavy atom. The molecule has 3 heteroatoms. The lowest BCUT2D eigenvalue weighted by Crippen LogP contribution is -2.66. The molecule has 2 fully saturated rings. The van der Waals surface area contributed by atoms with Crippen LogP contribution in [0.2, 0.25) is 0 Å². The van der Waals surface area contributed by atoms with Crippen molar-refractivity contribution in [2.75, 3.05) is 13.2 Å². The second kappa shape index (κ2) is 3.21. The van der Waals surface area contributed by atoms with Crippen molar-refractivity contribution in [1.29, 1.82) is 0 Å². The molecule has 2 aliphatic rings. The lowest BCUT2D eigenvalue weighted by molar-refractivity contribution is -0.233. The van der Waals surface area contributed by atoms with Gasteiger partial charge in [-0.25, -0.2) is 0 Å². The van der Waals surface area contributed by atoms with Gasteiger partial charge in [-0.1, -0.05) is 13.8 Å². The zero-order valence-corrected chi connectivity index (χ0v) is 11.4. The molecule has 0 bridgehead atoms. The Kier molecular flexibility index (Phi) is 2.48. The monoisotopic (exact) mass is 227 g/mol. The fraction of sp³-hybridized carbons (Fsp3) is 1.00. The second-order valence-corrected chi connectivity index (χ2v) is 7.07. The largest absolute Gasteiger partial charge is 0.371 e. The summed E-state index contributed by atoms with van der Waals surface area (Å²) in [5.41, 5.74) is -0.333. The Bertz CT molecular complexity index is 296. The summed E-state index contributed by atoms with van der Waals surface area (Å²) in [6.45, 7) is 14.7. The van der Waals surface area contributed by atoms with Gasteiger partial charge in [0.25, 0.3) is 0 Å². The van der Waals surface area contributed by atoms with Crippen LogP contribution in [0.15, 0.2) is 0 Å². The van der Waals surface area contributed by atoms with Crippen molar-refractivity contribution in [3.8, 4) is 0 Å². The van der Waals surface area contributed by atoms with Crippen LogP contribution >= 0.6 is 0 Å². The standard InChI is InChI=1S/C13H25NO2/c1-10(2)8-14-13(16-12(10,5)6)7-11(3,4)15-9-13/h14H,7-9H2,1-6H3. The minimum absolute atomic E-state index is 0.0788. The normalized spacial score (nSPS) is 40.1. The molecule has 0 radical (unpaired) electrons. The lowest BCUT2D eigenvalue weighted by Gasteiger charge is -2.53. The third-order valence-corrected chi connectivity index (χ3v) is 4.34. The van der Waals surface area contributed by atoms with E-state index in [1.807, 2.05) is 0 Å². The molecule has 0 aromatic heterocycles. The van der Waals surface area contributed by atoms with Crippen LogP contribution in [0.25, 0.3) is 0 Å². The van der Waals surface area contributed by atoms with Gasteiger partial charge in [-0.15, -0.1) is 0 Å². The van der Waals surface area contributed by atoms with Crippen molar-refractivity contribution in [3.05, 3.63) is 0 Å². The van der Waals surface area contributed by atoms with Crippen LogP contribution in [-0.2, 0) is 9.47 Å². The Morgan fingerprint density at radius 3 is 2.06 bits per heavy atom. The number of nitrogens with one attached hydrogen (secondary N) is 1. The van der Waals surface area contributed by atoms with E-state index in [4.69, 9.17) is 9.47 Å². The SMILES string of the molecule is CC1(C)CC2(CO1)NCC(C)(C)C(C)(C)O2. The number of rotatable bonds is 0. The third-order valence-electron chi connectivity index (χ3n) is 4.34. The minimum atomic E-state index is -0.275. The van der Waals surface area contributed by atoms with E-state index in [0.717, 1.165) is 13.0 Å². The van der Waals surface area contributed by atoms with E-state index < -0.39 is 0 Å². The highest BCUT2D eigenvalue weighted by atomic mass is 16.6. The summed E-state index contributed by atoms with van der Waals surface area (Å²) in [6.07, 6.45) is 0.916. The fourth-order valence-corrected chi connectivity index (χ4v) is 2.54. The first-order chi connectivity index (χ1) is 7.08. The van der Waals surface area contributed by atoms with Crippen molar-refractivity contribution in [2.45, 2.75) is 64.9 Å². The maximum absolute atomic E-state index is 6.34. The Morgan fingerprint density at radius 1 is 1.00 bits per heavy atom. The van der Waals surface area contributed by atoms with Crippen molar-refractivity contribution in [1.82, 2.24) is 5.32 Å². The first kappa shape index (κ1) is 12.3. The summed E-state index contributed by atoms with van der Waals surface area (Å²) in [5.74, 6) is 0. The molecule has 3 nitrogen and oxygen atoms in total. The quantitative estimate of drug-likeness (QED) is 0.689. The summed E-state index contributed by atoms with van der Waals surface area (Å²) in [4.78, 5) is 0. The number of ether oxygens (including phenoxy) is 2. The molecule has 1 unspecified atom stereocenters. The van der Waals surface area contributed by atoms with Gasteiger partial charge in [0.05, 0.1) is 17.8 Å². The predicted octanol–water partition coefficient (Wildman–Crippen LogP) is 2.31. The molecular formula is C13H25NO2. The summed E-state index contributed by atoms with van der Waals surface area (Å²) >= 11 is 0. The molecule has 0 saturated carbocycles. The van der Waals surface area contributed by atoms with Crippen LogP contribution in [-0.4, -0.2) is 30.1 Å². The van der Waals surface area contributed by atoms with Crippen LogP contribution in [0.3, 0.4) is 0 Å². The van der Waals surface area contributed by atoms with E-state index in [2.05, 4.69) is 46.9 Å². The zero-order chi connectivity index (χ0) is 12.2. The Labute approximate surface area is 98.9 Å². The first-order valence-corrected chi connectivity index (χ1v) is 6.17. The highest BCUT2D eigenvalue weighted by Gasteiger charge is 2.55. The van der Waals surface area contributed by atoms with E-state index in [-0.39, 0.29) is 22.3 Å². The second-order valence-electron chi connectivity index (χ2n) is 7.07. The van der Waals surface area contributed by atoms with Crippen LogP contribution < -0.4 is 5.32 Å². The third kappa shape index (κ3) is 1.89. The average molecular weight is 227 g/mol. The van der Waals surface area contributed by atoms with E-state index in [1.165, 1.54) is 0 Å². The summed E-state index contributed by atoms with van der Waals surface area (Å²) < 4.78 is 12.1. The molecule has 94 valence electrons. The molecule has 0 amide bonds. The smallest absolute Gasteiger partial charge is 0.146 e. The molecule has 2 rings (SSSR count). The Hall–Kier alpha value is -0.120. The van der Waals surface area contributed by atoms with Crippen molar-refractivity contribution >= 4 is 0 Å². The number of hydrogen-bond donors (Lipinski definition) is 1. The highest BCUT2D eigenvalue weighted by molar-refractivity contribution is 5.03. The van der Waals surface area contributed by atoms with Gasteiger partial charge in [0.2, 0.25) is 0 Å². The topological polar surface area (TPSA) is 30.5 Å². The maximum Gasteiger partial charge on any atom is 0.146 e. The van der Waals surface area contributed by atoms with Crippen LogP contribution in [0.1, 0.15) is 48.0 Å². The first-order valence-electron chi connectivity index (χ1n) is 6.17. The average Bonchev–Trinajstić information content (AvgIpc) is 2.36. The van der Waals surface area contributed by atoms with Gasteiger partial charge in [-0.05, 0) is 27.7 Å². The molecule has 16 heavy (non-hydrogen) atoms. The molecule has 0 aromatic carbocycles. The van der Waals surface area contributed by atoms with E-state index in [1.54, 1.807) is 0 Å². The van der Waals surface area contributed by atoms with Gasteiger partial charge in [0.15, 0.2) is 0 Å². The summed E-state index contributed by atoms with van der Waals surface area (Å²) in [7, 11) is 0. The molecular weight excluding hydrogens is 202 g/mol. The molecule has 0 aliphatic carbocycles. The number of hydrogen-bond acceptors (Lipinski definition) is 3. The van der Waals surface area contributed by atoms with Gasteiger partial charge in [-0.3, -0.25) is 5.32 Å². The lowest BCUT2D eigenvalue weighted by atomic mass is 9.74. The molecule has 2 saturated heterocycles. The Balaban J connectivity index is 2.18. The molecule has 1 N–H and O–H groups in total. The minimum Gasteiger partial charge on any atom is -0.371 e. The maximum atomic E-state index is 6.34. The zero-order valence-electron chi connectivity index (χ0n) is 11.4. The molecule has 2 heterocycles. The van der Waals surface area contributed by atoms with E-state index in [9.17, 15) is 0 Å². The predicted molar refractivity (Wildman–Crippen MR) is 64.3 cm³/mol. The highest BCUT2D eigenvalue weighted by Crippen LogP contribution is 2.45. The van der Waals surface area contributed by atoms with Crippen LogP contribution in [0, 0.1) is 5.41 Å². The van der Waals surface area contributed by atoms with Gasteiger partial charge < -0.3 is 9.47 Å². The van der Waals surface area contributed by atoms with Crippen LogP contribution in [0.4, 0.5) is 0 Å². The molecule has 0 aromatic rings. The van der Waals surface area contributed by atoms with E-state index >= 15 is 0 Å². The molecule has 2 aliphatic heterocycles. The summed E-state index contributed by atoms with van der Waals surface area (Å²) in [5, 5.41) is 3.55. The van der Waals surface area contributed by atoms with Gasteiger partial charge >= 0.3 is 0 Å². The molecule has 1 atom stereocenters. The molecule has 1 spiro atoms. The van der Waals surface area contributed by atoms with Gasteiger partial charge in [0.1, 0.15) is 5.72 Å². The van der Waals surface area contributed by atoms with Crippen molar-refractivity contribution in [3.63, 3.8) is 0 Å². The van der Waals surface area contributed by atoms with Crippen LogP contribution in [0.5, 0.6) is 0 Å².